The van der Waals surface area contributed by atoms with Crippen LogP contribution in [-0.4, -0.2) is 31.2 Å². The van der Waals surface area contributed by atoms with Crippen LogP contribution in [0, 0.1) is 0 Å². The van der Waals surface area contributed by atoms with Gasteiger partial charge in [-0.3, -0.25) is 0 Å². The summed E-state index contributed by atoms with van der Waals surface area (Å²) in [4.78, 5) is 6.40. The largest absolute Gasteiger partial charge is 0.353 e. The molecule has 1 aliphatic heterocycles. The molecule has 1 aromatic rings. The lowest BCUT2D eigenvalue weighted by Gasteiger charge is -2.28. The second kappa shape index (κ2) is 4.34. The van der Waals surface area contributed by atoms with Gasteiger partial charge >= 0.3 is 0 Å². The molecule has 14 heavy (non-hydrogen) atoms. The van der Waals surface area contributed by atoms with E-state index in [1.54, 1.807) is 12.3 Å². The van der Waals surface area contributed by atoms with Crippen LogP contribution in [0.15, 0.2) is 12.3 Å². The molecule has 0 amide bonds. The van der Waals surface area contributed by atoms with E-state index in [-0.39, 0.29) is 0 Å². The molecule has 0 atom stereocenters. The Morgan fingerprint density at radius 3 is 2.64 bits per heavy atom. The van der Waals surface area contributed by atoms with E-state index in [0.29, 0.717) is 10.0 Å². The Hall–Kier alpha value is -0.510. The van der Waals surface area contributed by atoms with Gasteiger partial charge in [0, 0.05) is 32.4 Å². The van der Waals surface area contributed by atoms with Gasteiger partial charge in [0.15, 0.2) is 0 Å². The zero-order valence-electron chi connectivity index (χ0n) is 7.63. The summed E-state index contributed by atoms with van der Waals surface area (Å²) in [5.74, 6) is 0.831. The fraction of sp³-hybridized carbons (Fsp3) is 0.444. The van der Waals surface area contributed by atoms with E-state index >= 15 is 0 Å². The first-order valence-corrected chi connectivity index (χ1v) is 5.29. The predicted octanol–water partition coefficient (Wildman–Crippen LogP) is 1.80. The van der Waals surface area contributed by atoms with Gasteiger partial charge in [-0.05, 0) is 6.07 Å². The normalized spacial score (nSPS) is 17.1. The van der Waals surface area contributed by atoms with E-state index in [0.717, 1.165) is 32.0 Å². The molecule has 5 heteroatoms. The summed E-state index contributed by atoms with van der Waals surface area (Å²) in [7, 11) is 0. The topological polar surface area (TPSA) is 28.2 Å². The van der Waals surface area contributed by atoms with E-state index in [1.807, 2.05) is 0 Å². The molecular formula is C9H11Cl2N3. The van der Waals surface area contributed by atoms with E-state index < -0.39 is 0 Å². The lowest BCUT2D eigenvalue weighted by molar-refractivity contribution is 0.585. The minimum atomic E-state index is 0.578. The number of halogens is 2. The molecule has 0 spiro atoms. The maximum Gasteiger partial charge on any atom is 0.147 e. The second-order valence-corrected chi connectivity index (χ2v) is 4.04. The van der Waals surface area contributed by atoms with Gasteiger partial charge < -0.3 is 10.2 Å². The van der Waals surface area contributed by atoms with Gasteiger partial charge in [0.05, 0.1) is 10.0 Å². The summed E-state index contributed by atoms with van der Waals surface area (Å²) < 4.78 is 0. The molecule has 76 valence electrons. The fourth-order valence-corrected chi connectivity index (χ4v) is 2.02. The summed E-state index contributed by atoms with van der Waals surface area (Å²) in [6, 6.07) is 1.73. The molecule has 0 unspecified atom stereocenters. The van der Waals surface area contributed by atoms with Crippen molar-refractivity contribution in [2.24, 2.45) is 0 Å². The van der Waals surface area contributed by atoms with Gasteiger partial charge in [-0.15, -0.1) is 0 Å². The summed E-state index contributed by atoms with van der Waals surface area (Å²) in [6.07, 6.45) is 1.63. The van der Waals surface area contributed by atoms with E-state index in [9.17, 15) is 0 Å². The number of anilines is 1. The standard InChI is InChI=1S/C9H11Cl2N3/c10-7-5-8(11)9(13-6-7)14-3-1-12-2-4-14/h5-6,12H,1-4H2. The summed E-state index contributed by atoms with van der Waals surface area (Å²) in [5, 5.41) is 4.48. The quantitative estimate of drug-likeness (QED) is 0.800. The molecule has 1 aromatic heterocycles. The third-order valence-corrected chi connectivity index (χ3v) is 2.69. The Labute approximate surface area is 93.0 Å². The lowest BCUT2D eigenvalue weighted by Crippen LogP contribution is -2.44. The number of nitrogens with zero attached hydrogens (tertiary/aromatic N) is 2. The van der Waals surface area contributed by atoms with Crippen molar-refractivity contribution in [3.63, 3.8) is 0 Å². The molecule has 0 aromatic carbocycles. The SMILES string of the molecule is Clc1cnc(N2CCNCC2)c(Cl)c1. The first kappa shape index (κ1) is 10.0. The summed E-state index contributed by atoms with van der Waals surface area (Å²) in [6.45, 7) is 3.82. The predicted molar refractivity (Wildman–Crippen MR) is 59.3 cm³/mol. The summed E-state index contributed by atoms with van der Waals surface area (Å²) in [5.41, 5.74) is 0. The smallest absolute Gasteiger partial charge is 0.147 e. The fourth-order valence-electron chi connectivity index (χ4n) is 1.52. The van der Waals surface area contributed by atoms with Crippen molar-refractivity contribution in [3.8, 4) is 0 Å². The second-order valence-electron chi connectivity index (χ2n) is 3.20. The average Bonchev–Trinajstić information content (AvgIpc) is 2.19. The highest BCUT2D eigenvalue weighted by atomic mass is 35.5. The van der Waals surface area contributed by atoms with Crippen LogP contribution in [0.25, 0.3) is 0 Å². The van der Waals surface area contributed by atoms with Gasteiger partial charge in [-0.25, -0.2) is 4.98 Å². The molecule has 1 fully saturated rings. The zero-order valence-corrected chi connectivity index (χ0v) is 9.15. The maximum atomic E-state index is 6.05. The van der Waals surface area contributed by atoms with Crippen molar-refractivity contribution in [1.82, 2.24) is 10.3 Å². The Balaban J connectivity index is 2.22. The van der Waals surface area contributed by atoms with Crippen LogP contribution in [0.5, 0.6) is 0 Å². The van der Waals surface area contributed by atoms with Crippen molar-refractivity contribution in [2.45, 2.75) is 0 Å². The van der Waals surface area contributed by atoms with Crippen LogP contribution >= 0.6 is 23.2 Å². The zero-order chi connectivity index (χ0) is 9.97. The molecule has 2 rings (SSSR count). The monoisotopic (exact) mass is 231 g/mol. The molecule has 0 radical (unpaired) electrons. The lowest BCUT2D eigenvalue weighted by atomic mass is 10.3. The molecule has 0 bridgehead atoms. The van der Waals surface area contributed by atoms with Crippen LogP contribution in [-0.2, 0) is 0 Å². The highest BCUT2D eigenvalue weighted by Crippen LogP contribution is 2.25. The highest BCUT2D eigenvalue weighted by molar-refractivity contribution is 6.36. The number of hydrogen-bond acceptors (Lipinski definition) is 3. The van der Waals surface area contributed by atoms with Gasteiger partial charge in [0.25, 0.3) is 0 Å². The Morgan fingerprint density at radius 1 is 1.29 bits per heavy atom. The summed E-state index contributed by atoms with van der Waals surface area (Å²) >= 11 is 11.8. The van der Waals surface area contributed by atoms with Gasteiger partial charge in [-0.2, -0.15) is 0 Å². The van der Waals surface area contributed by atoms with Gasteiger partial charge in [0.2, 0.25) is 0 Å². The minimum Gasteiger partial charge on any atom is -0.353 e. The van der Waals surface area contributed by atoms with E-state index in [4.69, 9.17) is 23.2 Å². The molecule has 0 saturated carbocycles. The number of hydrogen-bond donors (Lipinski definition) is 1. The number of rotatable bonds is 1. The minimum absolute atomic E-state index is 0.578. The van der Waals surface area contributed by atoms with Crippen molar-refractivity contribution < 1.29 is 0 Å². The van der Waals surface area contributed by atoms with E-state index in [2.05, 4.69) is 15.2 Å². The van der Waals surface area contributed by atoms with E-state index in [1.165, 1.54) is 0 Å². The molecule has 2 heterocycles. The number of pyridine rings is 1. The first-order valence-electron chi connectivity index (χ1n) is 4.54. The first-order chi connectivity index (χ1) is 6.77. The molecule has 1 aliphatic rings. The van der Waals surface area contributed by atoms with Crippen LogP contribution in [0.1, 0.15) is 0 Å². The third kappa shape index (κ3) is 2.11. The van der Waals surface area contributed by atoms with Crippen molar-refractivity contribution in [1.29, 1.82) is 0 Å². The maximum absolute atomic E-state index is 6.05. The van der Waals surface area contributed by atoms with Crippen LogP contribution in [0.4, 0.5) is 5.82 Å². The molecule has 3 nitrogen and oxygen atoms in total. The third-order valence-electron chi connectivity index (χ3n) is 2.20. The average molecular weight is 232 g/mol. The molecule has 1 N–H and O–H groups in total. The van der Waals surface area contributed by atoms with Crippen molar-refractivity contribution in [2.75, 3.05) is 31.1 Å². The number of piperazine rings is 1. The van der Waals surface area contributed by atoms with Crippen molar-refractivity contribution in [3.05, 3.63) is 22.3 Å². The van der Waals surface area contributed by atoms with Crippen molar-refractivity contribution >= 4 is 29.0 Å². The molecule has 0 aliphatic carbocycles. The van der Waals surface area contributed by atoms with Gasteiger partial charge in [0.1, 0.15) is 5.82 Å². The Bertz CT molecular complexity index is 324. The Morgan fingerprint density at radius 2 is 2.00 bits per heavy atom. The van der Waals surface area contributed by atoms with Crippen LogP contribution in [0.2, 0.25) is 10.0 Å². The Kier molecular flexibility index (Phi) is 3.11. The number of nitrogens with one attached hydrogen (secondary N) is 1. The number of aromatic nitrogens is 1. The van der Waals surface area contributed by atoms with Crippen LogP contribution < -0.4 is 10.2 Å². The van der Waals surface area contributed by atoms with Gasteiger partial charge in [-0.1, -0.05) is 23.2 Å². The molecule has 1 saturated heterocycles. The highest BCUT2D eigenvalue weighted by Gasteiger charge is 2.14. The van der Waals surface area contributed by atoms with Crippen LogP contribution in [0.3, 0.4) is 0 Å². The molecular weight excluding hydrogens is 221 g/mol.